The molecule has 0 aliphatic carbocycles. The number of nitrogens with zero attached hydrogens (tertiary/aromatic N) is 1. The zero-order chi connectivity index (χ0) is 13.3. The minimum Gasteiger partial charge on any atom is -0.426 e. The first kappa shape index (κ1) is 12.9. The Kier molecular flexibility index (Phi) is 3.57. The van der Waals surface area contributed by atoms with Crippen LogP contribution in [0.5, 0.6) is 5.75 Å². The Labute approximate surface area is 107 Å². The average Bonchev–Trinajstić information content (AvgIpc) is 2.33. The van der Waals surface area contributed by atoms with Crippen molar-refractivity contribution >= 4 is 11.7 Å². The lowest BCUT2D eigenvalue weighted by Crippen LogP contribution is -2.31. The predicted molar refractivity (Wildman–Crippen MR) is 70.0 cm³/mol. The minimum absolute atomic E-state index is 0.00915. The summed E-state index contributed by atoms with van der Waals surface area (Å²) >= 11 is 0. The van der Waals surface area contributed by atoms with Gasteiger partial charge in [0.25, 0.3) is 0 Å². The molecule has 4 nitrogen and oxygen atoms in total. The van der Waals surface area contributed by atoms with Crippen LogP contribution in [0.25, 0.3) is 0 Å². The summed E-state index contributed by atoms with van der Waals surface area (Å²) in [6.07, 6.45) is 0.453. The molecule has 2 unspecified atom stereocenters. The fraction of sp³-hybridized carbons (Fsp3) is 0.500. The summed E-state index contributed by atoms with van der Waals surface area (Å²) in [4.78, 5) is 13.9. The fourth-order valence-corrected chi connectivity index (χ4v) is 2.38. The molecule has 1 aliphatic rings. The van der Waals surface area contributed by atoms with Gasteiger partial charge in [0.1, 0.15) is 5.75 Å². The van der Waals surface area contributed by atoms with Gasteiger partial charge in [0.15, 0.2) is 0 Å². The standard InChI is InChI=1S/C14H19NO3/c1-9-11-5-4-10(15(2)3)8-13(11)18-14(17)12(9)6-7-16/h4-5,8-9,12,16H,6-7H2,1-3H3. The summed E-state index contributed by atoms with van der Waals surface area (Å²) in [5.41, 5.74) is 2.05. The van der Waals surface area contributed by atoms with E-state index in [1.165, 1.54) is 0 Å². The van der Waals surface area contributed by atoms with Crippen molar-refractivity contribution in [1.29, 1.82) is 0 Å². The average molecular weight is 249 g/mol. The molecule has 0 saturated heterocycles. The van der Waals surface area contributed by atoms with Crippen LogP contribution in [0.15, 0.2) is 18.2 Å². The molecule has 0 saturated carbocycles. The van der Waals surface area contributed by atoms with Crippen molar-refractivity contribution in [3.8, 4) is 5.75 Å². The zero-order valence-corrected chi connectivity index (χ0v) is 11.0. The van der Waals surface area contributed by atoms with E-state index in [1.807, 2.05) is 44.1 Å². The van der Waals surface area contributed by atoms with Crippen LogP contribution in [-0.2, 0) is 4.79 Å². The van der Waals surface area contributed by atoms with Gasteiger partial charge in [0.05, 0.1) is 5.92 Å². The summed E-state index contributed by atoms with van der Waals surface area (Å²) < 4.78 is 5.38. The molecule has 0 amide bonds. The molecule has 0 fully saturated rings. The van der Waals surface area contributed by atoms with Crippen LogP contribution in [0.1, 0.15) is 24.8 Å². The van der Waals surface area contributed by atoms with Crippen molar-refractivity contribution in [2.24, 2.45) is 5.92 Å². The smallest absolute Gasteiger partial charge is 0.315 e. The van der Waals surface area contributed by atoms with E-state index in [0.29, 0.717) is 12.2 Å². The van der Waals surface area contributed by atoms with Gasteiger partial charge in [0.2, 0.25) is 0 Å². The van der Waals surface area contributed by atoms with Crippen LogP contribution in [0.2, 0.25) is 0 Å². The number of hydrogen-bond donors (Lipinski definition) is 1. The van der Waals surface area contributed by atoms with Gasteiger partial charge in [-0.25, -0.2) is 0 Å². The Morgan fingerprint density at radius 2 is 2.11 bits per heavy atom. The van der Waals surface area contributed by atoms with E-state index in [4.69, 9.17) is 9.84 Å². The van der Waals surface area contributed by atoms with E-state index in [2.05, 4.69) is 0 Å². The third kappa shape index (κ3) is 2.20. The lowest BCUT2D eigenvalue weighted by Gasteiger charge is -2.30. The second kappa shape index (κ2) is 4.98. The fourth-order valence-electron chi connectivity index (χ4n) is 2.38. The van der Waals surface area contributed by atoms with E-state index in [0.717, 1.165) is 11.3 Å². The third-order valence-corrected chi connectivity index (χ3v) is 3.56. The molecule has 4 heteroatoms. The van der Waals surface area contributed by atoms with Gasteiger partial charge >= 0.3 is 5.97 Å². The lowest BCUT2D eigenvalue weighted by molar-refractivity contribution is -0.141. The molecule has 18 heavy (non-hydrogen) atoms. The predicted octanol–water partition coefficient (Wildman–Crippen LogP) is 1.77. The highest BCUT2D eigenvalue weighted by molar-refractivity contribution is 5.80. The number of rotatable bonds is 3. The molecular formula is C14H19NO3. The topological polar surface area (TPSA) is 49.8 Å². The molecule has 0 bridgehead atoms. The van der Waals surface area contributed by atoms with Crippen molar-refractivity contribution in [3.63, 3.8) is 0 Å². The monoisotopic (exact) mass is 249 g/mol. The maximum absolute atomic E-state index is 11.9. The maximum atomic E-state index is 11.9. The van der Waals surface area contributed by atoms with Crippen LogP contribution in [0.3, 0.4) is 0 Å². The number of benzene rings is 1. The number of aliphatic hydroxyl groups excluding tert-OH is 1. The molecule has 1 aliphatic heterocycles. The summed E-state index contributed by atoms with van der Waals surface area (Å²) in [5, 5.41) is 9.00. The van der Waals surface area contributed by atoms with Crippen LogP contribution in [0, 0.1) is 5.92 Å². The second-order valence-electron chi connectivity index (χ2n) is 4.95. The maximum Gasteiger partial charge on any atom is 0.315 e. The number of fused-ring (bicyclic) bond motifs is 1. The highest BCUT2D eigenvalue weighted by Gasteiger charge is 2.34. The van der Waals surface area contributed by atoms with E-state index in [-0.39, 0.29) is 24.4 Å². The van der Waals surface area contributed by atoms with Gasteiger partial charge in [-0.2, -0.15) is 0 Å². The van der Waals surface area contributed by atoms with Crippen LogP contribution >= 0.6 is 0 Å². The molecule has 1 heterocycles. The Morgan fingerprint density at radius 3 is 2.72 bits per heavy atom. The summed E-state index contributed by atoms with van der Waals surface area (Å²) in [6.45, 7) is 2.02. The molecule has 0 aromatic heterocycles. The number of carbonyl (C=O) groups excluding carboxylic acids is 1. The Bertz CT molecular complexity index is 456. The molecule has 98 valence electrons. The number of esters is 1. The van der Waals surface area contributed by atoms with Crippen molar-refractivity contribution in [1.82, 2.24) is 0 Å². The first-order valence-corrected chi connectivity index (χ1v) is 6.18. The molecule has 1 N–H and O–H groups in total. The first-order valence-electron chi connectivity index (χ1n) is 6.18. The number of anilines is 1. The first-order chi connectivity index (χ1) is 8.54. The van der Waals surface area contributed by atoms with Crippen molar-refractivity contribution in [2.75, 3.05) is 25.6 Å². The van der Waals surface area contributed by atoms with E-state index in [1.54, 1.807) is 0 Å². The largest absolute Gasteiger partial charge is 0.426 e. The molecule has 2 atom stereocenters. The van der Waals surface area contributed by atoms with Crippen molar-refractivity contribution in [3.05, 3.63) is 23.8 Å². The molecule has 2 rings (SSSR count). The number of ether oxygens (including phenoxy) is 1. The molecule has 0 radical (unpaired) electrons. The summed E-state index contributed by atoms with van der Waals surface area (Å²) in [5.74, 6) is 0.255. The van der Waals surface area contributed by atoms with Gasteiger partial charge in [-0.3, -0.25) is 4.79 Å². The van der Waals surface area contributed by atoms with E-state index >= 15 is 0 Å². The third-order valence-electron chi connectivity index (χ3n) is 3.56. The summed E-state index contributed by atoms with van der Waals surface area (Å²) in [7, 11) is 3.90. The highest BCUT2D eigenvalue weighted by Crippen LogP contribution is 2.40. The molecular weight excluding hydrogens is 230 g/mol. The molecule has 0 spiro atoms. The normalized spacial score (nSPS) is 22.3. The minimum atomic E-state index is -0.243. The number of carbonyl (C=O) groups is 1. The van der Waals surface area contributed by atoms with Gasteiger partial charge in [0, 0.05) is 32.5 Å². The van der Waals surface area contributed by atoms with Crippen molar-refractivity contribution < 1.29 is 14.6 Å². The quantitative estimate of drug-likeness (QED) is 0.655. The Balaban J connectivity index is 2.36. The lowest BCUT2D eigenvalue weighted by atomic mass is 9.83. The highest BCUT2D eigenvalue weighted by atomic mass is 16.5. The van der Waals surface area contributed by atoms with Crippen LogP contribution in [0.4, 0.5) is 5.69 Å². The van der Waals surface area contributed by atoms with E-state index in [9.17, 15) is 4.79 Å². The zero-order valence-electron chi connectivity index (χ0n) is 11.0. The van der Waals surface area contributed by atoms with Gasteiger partial charge in [-0.1, -0.05) is 13.0 Å². The van der Waals surface area contributed by atoms with Gasteiger partial charge in [-0.15, -0.1) is 0 Å². The Hall–Kier alpha value is -1.55. The van der Waals surface area contributed by atoms with Gasteiger partial charge in [-0.05, 0) is 24.0 Å². The van der Waals surface area contributed by atoms with Crippen molar-refractivity contribution in [2.45, 2.75) is 19.3 Å². The molecule has 1 aromatic rings. The second-order valence-corrected chi connectivity index (χ2v) is 4.95. The molecule has 1 aromatic carbocycles. The number of hydrogen-bond acceptors (Lipinski definition) is 4. The van der Waals surface area contributed by atoms with E-state index < -0.39 is 0 Å². The van der Waals surface area contributed by atoms with Crippen LogP contribution < -0.4 is 9.64 Å². The summed E-state index contributed by atoms with van der Waals surface area (Å²) in [6, 6.07) is 5.91. The van der Waals surface area contributed by atoms with Crippen LogP contribution in [-0.4, -0.2) is 31.8 Å². The van der Waals surface area contributed by atoms with Gasteiger partial charge < -0.3 is 14.7 Å². The number of aliphatic hydroxyl groups is 1. The SMILES string of the molecule is CC1c2ccc(N(C)C)cc2OC(=O)C1CCO. The Morgan fingerprint density at radius 1 is 1.39 bits per heavy atom.